The summed E-state index contributed by atoms with van der Waals surface area (Å²) in [5, 5.41) is 0.760. The van der Waals surface area contributed by atoms with Crippen LogP contribution in [-0.2, 0) is 9.53 Å². The zero-order valence-corrected chi connectivity index (χ0v) is 18.4. The first-order valence-corrected chi connectivity index (χ1v) is 10.8. The van der Waals surface area contributed by atoms with E-state index in [2.05, 4.69) is 4.90 Å². The summed E-state index contributed by atoms with van der Waals surface area (Å²) in [4.78, 5) is 22.0. The first-order chi connectivity index (χ1) is 14.3. The maximum Gasteiger partial charge on any atom is 0.252 e. The Morgan fingerprint density at radius 2 is 1.83 bits per heavy atom. The standard InChI is InChI=1S/C23H25N3O2S.ClH/c27-22(12-11-19-7-2-1-3-8-19)26(14-6-13-25-15-17-28-18-16-25)23-24-20-9-4-5-10-21(20)29-23;/h1-5,7-12H,6,13-18H2;1H/b12-11+;. The number of para-hydroxylation sites is 1. The second kappa shape index (κ2) is 11.2. The zero-order valence-electron chi connectivity index (χ0n) is 16.8. The number of hydrogen-bond acceptors (Lipinski definition) is 5. The number of carbonyl (C=O) groups is 1. The molecule has 0 aliphatic carbocycles. The minimum atomic E-state index is -0.0325. The topological polar surface area (TPSA) is 45.7 Å². The molecule has 3 aromatic rings. The van der Waals surface area contributed by atoms with Crippen LogP contribution in [0.4, 0.5) is 5.13 Å². The third-order valence-corrected chi connectivity index (χ3v) is 6.02. The fourth-order valence-electron chi connectivity index (χ4n) is 3.37. The molecule has 1 aliphatic heterocycles. The van der Waals surface area contributed by atoms with Gasteiger partial charge in [0.1, 0.15) is 0 Å². The fraction of sp³-hybridized carbons (Fsp3) is 0.304. The molecule has 30 heavy (non-hydrogen) atoms. The van der Waals surface area contributed by atoms with Crippen LogP contribution in [0.1, 0.15) is 12.0 Å². The van der Waals surface area contributed by atoms with E-state index in [-0.39, 0.29) is 18.3 Å². The highest BCUT2D eigenvalue weighted by Gasteiger charge is 2.18. The highest BCUT2D eigenvalue weighted by molar-refractivity contribution is 7.22. The summed E-state index contributed by atoms with van der Waals surface area (Å²) in [6.07, 6.45) is 4.42. The highest BCUT2D eigenvalue weighted by atomic mass is 35.5. The summed E-state index contributed by atoms with van der Waals surface area (Å²) in [5.41, 5.74) is 1.95. The molecule has 158 valence electrons. The monoisotopic (exact) mass is 443 g/mol. The predicted molar refractivity (Wildman–Crippen MR) is 127 cm³/mol. The van der Waals surface area contributed by atoms with E-state index in [4.69, 9.17) is 9.72 Å². The molecule has 5 nitrogen and oxygen atoms in total. The van der Waals surface area contributed by atoms with Crippen molar-refractivity contribution in [1.82, 2.24) is 9.88 Å². The Kier molecular flexibility index (Phi) is 8.39. The molecular weight excluding hydrogens is 418 g/mol. The normalized spacial score (nSPS) is 14.7. The average molecular weight is 444 g/mol. The number of hydrogen-bond donors (Lipinski definition) is 0. The third kappa shape index (κ3) is 5.89. The van der Waals surface area contributed by atoms with E-state index in [1.54, 1.807) is 17.4 Å². The van der Waals surface area contributed by atoms with Gasteiger partial charge in [0, 0.05) is 32.3 Å². The quantitative estimate of drug-likeness (QED) is 0.505. The van der Waals surface area contributed by atoms with Crippen LogP contribution in [-0.4, -0.2) is 55.2 Å². The largest absolute Gasteiger partial charge is 0.379 e. The molecule has 0 atom stereocenters. The first-order valence-electron chi connectivity index (χ1n) is 10.00. The summed E-state index contributed by atoms with van der Waals surface area (Å²) >= 11 is 1.57. The number of ether oxygens (including phenoxy) is 1. The molecule has 0 spiro atoms. The van der Waals surface area contributed by atoms with Crippen molar-refractivity contribution in [2.24, 2.45) is 0 Å². The van der Waals surface area contributed by atoms with E-state index >= 15 is 0 Å². The van der Waals surface area contributed by atoms with Crippen LogP contribution in [0.5, 0.6) is 0 Å². The van der Waals surface area contributed by atoms with Crippen LogP contribution < -0.4 is 4.90 Å². The summed E-state index contributed by atoms with van der Waals surface area (Å²) in [6.45, 7) is 5.11. The number of fused-ring (bicyclic) bond motifs is 1. The molecular formula is C23H26ClN3O2S. The van der Waals surface area contributed by atoms with Crippen molar-refractivity contribution in [2.45, 2.75) is 6.42 Å². The van der Waals surface area contributed by atoms with Crippen molar-refractivity contribution >= 4 is 51.1 Å². The molecule has 0 bridgehead atoms. The van der Waals surface area contributed by atoms with Gasteiger partial charge in [0.25, 0.3) is 5.91 Å². The molecule has 1 fully saturated rings. The van der Waals surface area contributed by atoms with Crippen molar-refractivity contribution in [2.75, 3.05) is 44.3 Å². The Labute approximate surface area is 187 Å². The van der Waals surface area contributed by atoms with Gasteiger partial charge in [0.2, 0.25) is 0 Å². The molecule has 7 heteroatoms. The lowest BCUT2D eigenvalue weighted by Gasteiger charge is -2.27. The van der Waals surface area contributed by atoms with Crippen molar-refractivity contribution in [3.63, 3.8) is 0 Å². The number of halogens is 1. The van der Waals surface area contributed by atoms with E-state index in [1.807, 2.05) is 65.6 Å². The fourth-order valence-corrected chi connectivity index (χ4v) is 4.37. The highest BCUT2D eigenvalue weighted by Crippen LogP contribution is 2.29. The lowest BCUT2D eigenvalue weighted by Crippen LogP contribution is -2.39. The molecule has 1 amide bonds. The summed E-state index contributed by atoms with van der Waals surface area (Å²) in [6, 6.07) is 17.9. The second-order valence-electron chi connectivity index (χ2n) is 7.01. The van der Waals surface area contributed by atoms with Gasteiger partial charge in [-0.2, -0.15) is 0 Å². The minimum absolute atomic E-state index is 0. The number of carbonyl (C=O) groups excluding carboxylic acids is 1. The Hall–Kier alpha value is -2.25. The number of aromatic nitrogens is 1. The van der Waals surface area contributed by atoms with Gasteiger partial charge in [0.15, 0.2) is 5.13 Å². The van der Waals surface area contributed by atoms with Gasteiger partial charge < -0.3 is 4.74 Å². The second-order valence-corrected chi connectivity index (χ2v) is 8.01. The number of nitrogens with zero attached hydrogens (tertiary/aromatic N) is 3. The van der Waals surface area contributed by atoms with Crippen molar-refractivity contribution < 1.29 is 9.53 Å². The molecule has 1 saturated heterocycles. The van der Waals surface area contributed by atoms with Crippen molar-refractivity contribution in [3.8, 4) is 0 Å². The first kappa shape index (κ1) is 22.4. The Morgan fingerprint density at radius 1 is 1.10 bits per heavy atom. The minimum Gasteiger partial charge on any atom is -0.379 e. The van der Waals surface area contributed by atoms with Gasteiger partial charge in [0.05, 0.1) is 23.4 Å². The van der Waals surface area contributed by atoms with E-state index in [0.717, 1.165) is 60.2 Å². The maximum absolute atomic E-state index is 13.0. The smallest absolute Gasteiger partial charge is 0.252 e. The number of rotatable bonds is 7. The number of amides is 1. The van der Waals surface area contributed by atoms with Crippen molar-refractivity contribution in [3.05, 3.63) is 66.2 Å². The van der Waals surface area contributed by atoms with Gasteiger partial charge in [-0.05, 0) is 30.2 Å². The zero-order chi connectivity index (χ0) is 19.9. The van der Waals surface area contributed by atoms with Gasteiger partial charge >= 0.3 is 0 Å². The number of anilines is 1. The summed E-state index contributed by atoms with van der Waals surface area (Å²) < 4.78 is 6.52. The van der Waals surface area contributed by atoms with E-state index in [9.17, 15) is 4.79 Å². The van der Waals surface area contributed by atoms with Crippen LogP contribution >= 0.6 is 23.7 Å². The third-order valence-electron chi connectivity index (χ3n) is 4.96. The number of morpholine rings is 1. The van der Waals surface area contributed by atoms with Crippen LogP contribution in [0, 0.1) is 0 Å². The number of benzene rings is 2. The van der Waals surface area contributed by atoms with Crippen LogP contribution in [0.2, 0.25) is 0 Å². The lowest BCUT2D eigenvalue weighted by molar-refractivity contribution is -0.114. The Balaban J connectivity index is 0.00000256. The molecule has 4 rings (SSSR count). The summed E-state index contributed by atoms with van der Waals surface area (Å²) in [7, 11) is 0. The molecule has 0 unspecified atom stereocenters. The number of thiazole rings is 1. The molecule has 1 aromatic heterocycles. The van der Waals surface area contributed by atoms with E-state index in [0.29, 0.717) is 6.54 Å². The molecule has 0 radical (unpaired) electrons. The van der Waals surface area contributed by atoms with Crippen LogP contribution in [0.3, 0.4) is 0 Å². The average Bonchev–Trinajstić information content (AvgIpc) is 3.20. The summed E-state index contributed by atoms with van der Waals surface area (Å²) in [5.74, 6) is -0.0325. The molecule has 2 heterocycles. The maximum atomic E-state index is 13.0. The van der Waals surface area contributed by atoms with Gasteiger partial charge in [-0.3, -0.25) is 14.6 Å². The van der Waals surface area contributed by atoms with Crippen LogP contribution in [0.15, 0.2) is 60.7 Å². The molecule has 2 aromatic carbocycles. The molecule has 1 aliphatic rings. The molecule has 0 N–H and O–H groups in total. The van der Waals surface area contributed by atoms with Crippen molar-refractivity contribution in [1.29, 1.82) is 0 Å². The van der Waals surface area contributed by atoms with Crippen LogP contribution in [0.25, 0.3) is 16.3 Å². The lowest BCUT2D eigenvalue weighted by atomic mass is 10.2. The van der Waals surface area contributed by atoms with E-state index < -0.39 is 0 Å². The Morgan fingerprint density at radius 3 is 2.60 bits per heavy atom. The van der Waals surface area contributed by atoms with Gasteiger partial charge in [-0.1, -0.05) is 53.8 Å². The SMILES string of the molecule is Cl.O=C(/C=C/c1ccccc1)N(CCCN1CCOCC1)c1nc2ccccc2s1. The Bertz CT molecular complexity index is 938. The predicted octanol–water partition coefficient (Wildman–Crippen LogP) is 4.49. The van der Waals surface area contributed by atoms with E-state index in [1.165, 1.54) is 0 Å². The van der Waals surface area contributed by atoms with Gasteiger partial charge in [-0.15, -0.1) is 12.4 Å². The van der Waals surface area contributed by atoms with Gasteiger partial charge in [-0.25, -0.2) is 4.98 Å². The molecule has 0 saturated carbocycles.